The Bertz CT molecular complexity index is 626. The Kier molecular flexibility index (Phi) is 4.42. The van der Waals surface area contributed by atoms with Crippen molar-refractivity contribution in [1.29, 1.82) is 0 Å². The van der Waals surface area contributed by atoms with E-state index in [1.165, 1.54) is 6.20 Å². The first-order valence-electron chi connectivity index (χ1n) is 6.25. The molecule has 106 valence electrons. The average Bonchev–Trinajstić information content (AvgIpc) is 2.44. The van der Waals surface area contributed by atoms with Crippen LogP contribution in [0.3, 0.4) is 0 Å². The molecule has 0 aliphatic heterocycles. The number of nitrogens with one attached hydrogen (secondary N) is 2. The molecule has 20 heavy (non-hydrogen) atoms. The Morgan fingerprint density at radius 3 is 2.80 bits per heavy atom. The number of benzene rings is 1. The molecule has 0 amide bonds. The van der Waals surface area contributed by atoms with Gasteiger partial charge in [0.2, 0.25) is 0 Å². The molecule has 0 bridgehead atoms. The molecular weight excluding hydrogens is 278 g/mol. The summed E-state index contributed by atoms with van der Waals surface area (Å²) in [5.41, 5.74) is -0.0854. The zero-order chi connectivity index (χ0) is 14.6. The molecule has 1 aromatic heterocycles. The van der Waals surface area contributed by atoms with E-state index in [-0.39, 0.29) is 5.02 Å². The van der Waals surface area contributed by atoms with Gasteiger partial charge in [-0.25, -0.2) is 5.10 Å². The fourth-order valence-electron chi connectivity index (χ4n) is 1.89. The van der Waals surface area contributed by atoms with Gasteiger partial charge in [-0.15, -0.1) is 0 Å². The van der Waals surface area contributed by atoms with Gasteiger partial charge in [0, 0.05) is 6.54 Å². The van der Waals surface area contributed by atoms with Gasteiger partial charge in [0.05, 0.1) is 17.5 Å². The molecule has 1 unspecified atom stereocenters. The quantitative estimate of drug-likeness (QED) is 0.789. The van der Waals surface area contributed by atoms with Crippen LogP contribution in [0.25, 0.3) is 0 Å². The maximum absolute atomic E-state index is 11.3. The van der Waals surface area contributed by atoms with Crippen molar-refractivity contribution in [3.63, 3.8) is 0 Å². The van der Waals surface area contributed by atoms with Gasteiger partial charge >= 0.3 is 0 Å². The average molecular weight is 294 g/mol. The van der Waals surface area contributed by atoms with Crippen LogP contribution in [0.2, 0.25) is 5.02 Å². The molecule has 0 fully saturated rings. The minimum Gasteiger partial charge on any atom is -0.385 e. The number of hydrogen-bond acceptors (Lipinski definition) is 4. The van der Waals surface area contributed by atoms with Crippen molar-refractivity contribution in [3.8, 4) is 0 Å². The highest BCUT2D eigenvalue weighted by Crippen LogP contribution is 2.24. The molecule has 1 aromatic carbocycles. The van der Waals surface area contributed by atoms with Crippen LogP contribution < -0.4 is 10.9 Å². The maximum atomic E-state index is 11.3. The van der Waals surface area contributed by atoms with Crippen LogP contribution in [-0.2, 0) is 5.60 Å². The van der Waals surface area contributed by atoms with E-state index >= 15 is 0 Å². The Balaban J connectivity index is 1.99. The van der Waals surface area contributed by atoms with Gasteiger partial charge in [0.25, 0.3) is 5.56 Å². The van der Waals surface area contributed by atoms with Crippen molar-refractivity contribution in [1.82, 2.24) is 10.2 Å². The van der Waals surface area contributed by atoms with E-state index in [1.807, 2.05) is 30.3 Å². The summed E-state index contributed by atoms with van der Waals surface area (Å²) < 4.78 is 0. The summed E-state index contributed by atoms with van der Waals surface area (Å²) in [6.07, 6.45) is 1.92. The van der Waals surface area contributed by atoms with Gasteiger partial charge in [0.15, 0.2) is 0 Å². The lowest BCUT2D eigenvalue weighted by molar-refractivity contribution is 0.0515. The van der Waals surface area contributed by atoms with E-state index in [1.54, 1.807) is 6.92 Å². The molecule has 1 atom stereocenters. The third kappa shape index (κ3) is 3.37. The highest BCUT2D eigenvalue weighted by atomic mass is 35.5. The zero-order valence-corrected chi connectivity index (χ0v) is 11.8. The van der Waals surface area contributed by atoms with Gasteiger partial charge in [-0.2, -0.15) is 5.10 Å². The molecule has 0 spiro atoms. The van der Waals surface area contributed by atoms with E-state index in [9.17, 15) is 9.90 Å². The second-order valence-electron chi connectivity index (χ2n) is 4.74. The van der Waals surface area contributed by atoms with E-state index < -0.39 is 11.2 Å². The first kappa shape index (κ1) is 14.6. The first-order valence-corrected chi connectivity index (χ1v) is 6.63. The summed E-state index contributed by atoms with van der Waals surface area (Å²) in [6.45, 7) is 2.22. The predicted octanol–water partition coefficient (Wildman–Crippen LogP) is 2.13. The Labute approximate surface area is 121 Å². The predicted molar refractivity (Wildman–Crippen MR) is 79.0 cm³/mol. The SMILES string of the molecule is CC(O)(CCNc1cn[nH]c(=O)c1Cl)c1ccccc1. The Morgan fingerprint density at radius 2 is 2.10 bits per heavy atom. The van der Waals surface area contributed by atoms with Crippen LogP contribution in [0.15, 0.2) is 41.3 Å². The lowest BCUT2D eigenvalue weighted by atomic mass is 9.93. The van der Waals surface area contributed by atoms with Gasteiger partial charge in [-0.1, -0.05) is 41.9 Å². The molecule has 2 aromatic rings. The molecule has 0 radical (unpaired) electrons. The fourth-order valence-corrected chi connectivity index (χ4v) is 2.05. The molecule has 2 rings (SSSR count). The van der Waals surface area contributed by atoms with Gasteiger partial charge in [-0.3, -0.25) is 4.79 Å². The van der Waals surface area contributed by atoms with E-state index in [4.69, 9.17) is 11.6 Å². The van der Waals surface area contributed by atoms with Crippen LogP contribution in [0.5, 0.6) is 0 Å². The molecule has 0 aliphatic rings. The number of H-pyrrole nitrogens is 1. The number of hydrogen-bond donors (Lipinski definition) is 3. The Hall–Kier alpha value is -1.85. The normalized spacial score (nSPS) is 13.8. The molecule has 5 nitrogen and oxygen atoms in total. The number of aromatic nitrogens is 2. The van der Waals surface area contributed by atoms with E-state index in [2.05, 4.69) is 15.5 Å². The standard InChI is InChI=1S/C14H16ClN3O2/c1-14(20,10-5-3-2-4-6-10)7-8-16-11-9-17-18-13(19)12(11)15/h2-6,9,20H,7-8H2,1H3,(H2,16,18,19). The van der Waals surface area contributed by atoms with Crippen molar-refractivity contribution < 1.29 is 5.11 Å². The van der Waals surface area contributed by atoms with E-state index in [0.717, 1.165) is 5.56 Å². The second kappa shape index (κ2) is 6.07. The van der Waals surface area contributed by atoms with Crippen LogP contribution in [-0.4, -0.2) is 21.8 Å². The number of aliphatic hydroxyl groups is 1. The molecular formula is C14H16ClN3O2. The van der Waals surface area contributed by atoms with Crippen molar-refractivity contribution >= 4 is 17.3 Å². The highest BCUT2D eigenvalue weighted by molar-refractivity contribution is 6.32. The summed E-state index contributed by atoms with van der Waals surface area (Å²) in [5.74, 6) is 0. The minimum absolute atomic E-state index is 0.0688. The van der Waals surface area contributed by atoms with Crippen LogP contribution in [0, 0.1) is 0 Å². The van der Waals surface area contributed by atoms with Crippen molar-refractivity contribution in [2.75, 3.05) is 11.9 Å². The summed E-state index contributed by atoms with van der Waals surface area (Å²) >= 11 is 5.85. The second-order valence-corrected chi connectivity index (χ2v) is 5.12. The van der Waals surface area contributed by atoms with Crippen molar-refractivity contribution in [3.05, 3.63) is 57.5 Å². The lowest BCUT2D eigenvalue weighted by Crippen LogP contribution is -2.25. The molecule has 0 saturated carbocycles. The fraction of sp³-hybridized carbons (Fsp3) is 0.286. The summed E-state index contributed by atoms with van der Waals surface area (Å²) in [6, 6.07) is 9.42. The maximum Gasteiger partial charge on any atom is 0.285 e. The third-order valence-electron chi connectivity index (χ3n) is 3.12. The molecule has 1 heterocycles. The monoisotopic (exact) mass is 293 g/mol. The van der Waals surface area contributed by atoms with Crippen LogP contribution in [0.4, 0.5) is 5.69 Å². The topological polar surface area (TPSA) is 78.0 Å². The number of aromatic amines is 1. The summed E-state index contributed by atoms with van der Waals surface area (Å²) in [7, 11) is 0. The molecule has 6 heteroatoms. The van der Waals surface area contributed by atoms with Crippen LogP contribution in [0.1, 0.15) is 18.9 Å². The largest absolute Gasteiger partial charge is 0.385 e. The number of anilines is 1. The summed E-state index contributed by atoms with van der Waals surface area (Å²) in [4.78, 5) is 11.3. The van der Waals surface area contributed by atoms with Crippen molar-refractivity contribution in [2.24, 2.45) is 0 Å². The van der Waals surface area contributed by atoms with Gasteiger partial charge in [0.1, 0.15) is 5.02 Å². The zero-order valence-electron chi connectivity index (χ0n) is 11.1. The molecule has 0 saturated heterocycles. The van der Waals surface area contributed by atoms with E-state index in [0.29, 0.717) is 18.7 Å². The number of nitrogens with zero attached hydrogens (tertiary/aromatic N) is 1. The van der Waals surface area contributed by atoms with Gasteiger partial charge < -0.3 is 10.4 Å². The third-order valence-corrected chi connectivity index (χ3v) is 3.49. The number of halogens is 1. The minimum atomic E-state index is -0.949. The Morgan fingerprint density at radius 1 is 1.40 bits per heavy atom. The van der Waals surface area contributed by atoms with Crippen molar-refractivity contribution in [2.45, 2.75) is 18.9 Å². The summed E-state index contributed by atoms with van der Waals surface area (Å²) in [5, 5.41) is 19.4. The first-order chi connectivity index (χ1) is 9.50. The molecule has 3 N–H and O–H groups in total. The number of rotatable bonds is 5. The smallest absolute Gasteiger partial charge is 0.285 e. The molecule has 0 aliphatic carbocycles. The van der Waals surface area contributed by atoms with Crippen LogP contribution >= 0.6 is 11.6 Å². The highest BCUT2D eigenvalue weighted by Gasteiger charge is 2.22. The van der Waals surface area contributed by atoms with Gasteiger partial charge in [-0.05, 0) is 18.9 Å². The lowest BCUT2D eigenvalue weighted by Gasteiger charge is -2.24.